The lowest BCUT2D eigenvalue weighted by atomic mass is 10.1. The highest BCUT2D eigenvalue weighted by atomic mass is 32.2. The molecule has 27 heavy (non-hydrogen) atoms. The van der Waals surface area contributed by atoms with Crippen LogP contribution in [0.5, 0.6) is 0 Å². The SMILES string of the molecule is CCc1c(C)sc2nc(SCC(=O)NC3CC3)n(CC3CCCO3)c(=O)c12. The Balaban J connectivity index is 1.67. The van der Waals surface area contributed by atoms with E-state index in [1.165, 1.54) is 11.8 Å². The number of hydrogen-bond acceptors (Lipinski definition) is 6. The molecule has 0 radical (unpaired) electrons. The molecule has 146 valence electrons. The number of rotatable bonds is 7. The van der Waals surface area contributed by atoms with E-state index in [1.54, 1.807) is 15.9 Å². The largest absolute Gasteiger partial charge is 0.376 e. The molecule has 1 amide bonds. The van der Waals surface area contributed by atoms with Gasteiger partial charge < -0.3 is 10.1 Å². The summed E-state index contributed by atoms with van der Waals surface area (Å²) < 4.78 is 7.49. The van der Waals surface area contributed by atoms with Gasteiger partial charge in [-0.25, -0.2) is 4.98 Å². The zero-order chi connectivity index (χ0) is 19.0. The summed E-state index contributed by atoms with van der Waals surface area (Å²) in [6.07, 6.45) is 4.99. The number of fused-ring (bicyclic) bond motifs is 1. The summed E-state index contributed by atoms with van der Waals surface area (Å²) in [6.45, 7) is 5.37. The third-order valence-corrected chi connectivity index (χ3v) is 7.13. The summed E-state index contributed by atoms with van der Waals surface area (Å²) in [7, 11) is 0. The quantitative estimate of drug-likeness (QED) is 0.564. The molecule has 2 aromatic rings. The monoisotopic (exact) mass is 407 g/mol. The molecule has 1 unspecified atom stereocenters. The summed E-state index contributed by atoms with van der Waals surface area (Å²) >= 11 is 2.92. The van der Waals surface area contributed by atoms with Gasteiger partial charge in [0.05, 0.1) is 23.8 Å². The van der Waals surface area contributed by atoms with E-state index in [2.05, 4.69) is 12.2 Å². The molecular formula is C19H25N3O3S2. The van der Waals surface area contributed by atoms with Crippen molar-refractivity contribution in [2.45, 2.75) is 69.8 Å². The van der Waals surface area contributed by atoms with Gasteiger partial charge >= 0.3 is 0 Å². The Bertz CT molecular complexity index is 911. The predicted molar refractivity (Wildman–Crippen MR) is 109 cm³/mol. The molecule has 2 aromatic heterocycles. The van der Waals surface area contributed by atoms with Gasteiger partial charge in [0.2, 0.25) is 5.91 Å². The number of carbonyl (C=O) groups is 1. The third kappa shape index (κ3) is 4.07. The van der Waals surface area contributed by atoms with E-state index in [9.17, 15) is 9.59 Å². The number of hydrogen-bond donors (Lipinski definition) is 1. The summed E-state index contributed by atoms with van der Waals surface area (Å²) in [5.74, 6) is 0.294. The van der Waals surface area contributed by atoms with E-state index >= 15 is 0 Å². The Morgan fingerprint density at radius 1 is 1.41 bits per heavy atom. The number of aromatic nitrogens is 2. The second kappa shape index (κ2) is 7.93. The van der Waals surface area contributed by atoms with Crippen molar-refractivity contribution < 1.29 is 9.53 Å². The first-order valence-corrected chi connectivity index (χ1v) is 11.4. The van der Waals surface area contributed by atoms with Gasteiger partial charge in [-0.15, -0.1) is 11.3 Å². The second-order valence-electron chi connectivity index (χ2n) is 7.25. The zero-order valence-corrected chi connectivity index (χ0v) is 17.4. The van der Waals surface area contributed by atoms with Crippen molar-refractivity contribution in [2.75, 3.05) is 12.4 Å². The van der Waals surface area contributed by atoms with Crippen molar-refractivity contribution >= 4 is 39.2 Å². The Morgan fingerprint density at radius 2 is 2.22 bits per heavy atom. The lowest BCUT2D eigenvalue weighted by Gasteiger charge is -2.16. The number of thiophene rings is 1. The molecule has 1 saturated heterocycles. The number of ether oxygens (including phenoxy) is 1. The Labute approximate surface area is 166 Å². The van der Waals surface area contributed by atoms with Crippen LogP contribution in [0.1, 0.15) is 43.0 Å². The Morgan fingerprint density at radius 3 is 2.89 bits per heavy atom. The topological polar surface area (TPSA) is 73.2 Å². The first-order chi connectivity index (χ1) is 13.1. The molecule has 4 rings (SSSR count). The average Bonchev–Trinajstić information content (AvgIpc) is 3.17. The van der Waals surface area contributed by atoms with Crippen LogP contribution < -0.4 is 10.9 Å². The number of aryl methyl sites for hydroxylation is 2. The van der Waals surface area contributed by atoms with Gasteiger partial charge in [-0.05, 0) is 44.6 Å². The Hall–Kier alpha value is -1.38. The number of amides is 1. The lowest BCUT2D eigenvalue weighted by molar-refractivity contribution is -0.118. The van der Waals surface area contributed by atoms with E-state index in [0.29, 0.717) is 17.7 Å². The van der Waals surface area contributed by atoms with Gasteiger partial charge in [-0.1, -0.05) is 18.7 Å². The van der Waals surface area contributed by atoms with Crippen LogP contribution >= 0.6 is 23.1 Å². The van der Waals surface area contributed by atoms with Crippen LogP contribution in [-0.4, -0.2) is 40.0 Å². The fraction of sp³-hybridized carbons (Fsp3) is 0.632. The standard InChI is InChI=1S/C19H25N3O3S2/c1-3-14-11(2)27-17-16(14)18(24)22(9-13-5-4-8-25-13)19(21-17)26-10-15(23)20-12-6-7-12/h12-13H,3-10H2,1-2H3,(H,20,23). The maximum absolute atomic E-state index is 13.3. The van der Waals surface area contributed by atoms with Crippen LogP contribution in [-0.2, 0) is 22.5 Å². The maximum Gasteiger partial charge on any atom is 0.263 e. The summed E-state index contributed by atoms with van der Waals surface area (Å²) in [6, 6.07) is 0.342. The molecule has 1 atom stereocenters. The first-order valence-electron chi connectivity index (χ1n) is 9.63. The highest BCUT2D eigenvalue weighted by Gasteiger charge is 2.25. The molecule has 0 aromatic carbocycles. The molecule has 8 heteroatoms. The van der Waals surface area contributed by atoms with Gasteiger partial charge in [-0.3, -0.25) is 14.2 Å². The van der Waals surface area contributed by atoms with Crippen molar-refractivity contribution in [2.24, 2.45) is 0 Å². The minimum atomic E-state index is 0.00167. The van der Waals surface area contributed by atoms with E-state index in [0.717, 1.165) is 59.4 Å². The smallest absolute Gasteiger partial charge is 0.263 e. The van der Waals surface area contributed by atoms with E-state index in [4.69, 9.17) is 9.72 Å². The van der Waals surface area contributed by atoms with Gasteiger partial charge in [-0.2, -0.15) is 0 Å². The molecule has 0 bridgehead atoms. The molecule has 3 heterocycles. The van der Waals surface area contributed by atoms with Crippen LogP contribution in [0, 0.1) is 6.92 Å². The second-order valence-corrected chi connectivity index (χ2v) is 9.39. The van der Waals surface area contributed by atoms with Crippen LogP contribution in [0.4, 0.5) is 0 Å². The molecule has 2 aliphatic rings. The minimum absolute atomic E-state index is 0.00167. The summed E-state index contributed by atoms with van der Waals surface area (Å²) in [4.78, 5) is 32.1. The maximum atomic E-state index is 13.3. The van der Waals surface area contributed by atoms with Crippen molar-refractivity contribution in [3.63, 3.8) is 0 Å². The molecule has 2 fully saturated rings. The lowest BCUT2D eigenvalue weighted by Crippen LogP contribution is -2.30. The van der Waals surface area contributed by atoms with Crippen molar-refractivity contribution in [3.8, 4) is 0 Å². The van der Waals surface area contributed by atoms with Crippen LogP contribution in [0.2, 0.25) is 0 Å². The zero-order valence-electron chi connectivity index (χ0n) is 15.7. The summed E-state index contributed by atoms with van der Waals surface area (Å²) in [5, 5.41) is 4.36. The molecule has 1 saturated carbocycles. The van der Waals surface area contributed by atoms with E-state index in [1.807, 2.05) is 6.92 Å². The molecule has 1 N–H and O–H groups in total. The van der Waals surface area contributed by atoms with Gasteiger partial charge in [0.15, 0.2) is 5.16 Å². The molecule has 6 nitrogen and oxygen atoms in total. The molecule has 1 aliphatic carbocycles. The van der Waals surface area contributed by atoms with E-state index < -0.39 is 0 Å². The first kappa shape index (κ1) is 19.0. The van der Waals surface area contributed by atoms with E-state index in [-0.39, 0.29) is 23.3 Å². The number of nitrogens with one attached hydrogen (secondary N) is 1. The fourth-order valence-electron chi connectivity index (χ4n) is 3.55. The summed E-state index contributed by atoms with van der Waals surface area (Å²) in [5.41, 5.74) is 1.10. The van der Waals surface area contributed by atoms with Gasteiger partial charge in [0.25, 0.3) is 5.56 Å². The van der Waals surface area contributed by atoms with Crippen molar-refractivity contribution in [1.29, 1.82) is 0 Å². The third-order valence-electron chi connectivity index (χ3n) is 5.12. The number of nitrogens with zero attached hydrogens (tertiary/aromatic N) is 2. The van der Waals surface area contributed by atoms with Crippen LogP contribution in [0.3, 0.4) is 0 Å². The Kier molecular flexibility index (Phi) is 5.57. The predicted octanol–water partition coefficient (Wildman–Crippen LogP) is 2.88. The molecule has 1 aliphatic heterocycles. The van der Waals surface area contributed by atoms with Crippen molar-refractivity contribution in [3.05, 3.63) is 20.8 Å². The van der Waals surface area contributed by atoms with Gasteiger partial charge in [0, 0.05) is 17.5 Å². The molecule has 0 spiro atoms. The highest BCUT2D eigenvalue weighted by molar-refractivity contribution is 7.99. The number of carbonyl (C=O) groups excluding carboxylic acids is 1. The molecular weight excluding hydrogens is 382 g/mol. The fourth-order valence-corrected chi connectivity index (χ4v) is 5.52. The van der Waals surface area contributed by atoms with Crippen LogP contribution in [0.15, 0.2) is 9.95 Å². The van der Waals surface area contributed by atoms with Crippen LogP contribution in [0.25, 0.3) is 10.2 Å². The average molecular weight is 408 g/mol. The highest BCUT2D eigenvalue weighted by Crippen LogP contribution is 2.30. The number of thioether (sulfide) groups is 1. The normalized spacial score (nSPS) is 19.7. The van der Waals surface area contributed by atoms with Gasteiger partial charge in [0.1, 0.15) is 4.83 Å². The van der Waals surface area contributed by atoms with Crippen molar-refractivity contribution in [1.82, 2.24) is 14.9 Å². The minimum Gasteiger partial charge on any atom is -0.376 e.